The molecule has 5 atom stereocenters. The molecule has 1 aliphatic heterocycles. The Morgan fingerprint density at radius 3 is 2.41 bits per heavy atom. The average Bonchev–Trinajstić information content (AvgIpc) is 3.04. The van der Waals surface area contributed by atoms with Gasteiger partial charge in [-0.2, -0.15) is 13.9 Å². The molecule has 2 aromatic rings. The molecular formula is C22H26F4N3O9P. The zero-order valence-corrected chi connectivity index (χ0v) is 21.6. The van der Waals surface area contributed by atoms with Crippen LogP contribution in [0, 0.1) is 0 Å². The molecule has 3 rings (SSSR count). The molecule has 1 fully saturated rings. The molecule has 0 radical (unpaired) electrons. The molecule has 1 saturated heterocycles. The molecule has 1 aromatic heterocycles. The molecule has 0 amide bonds. The maximum Gasteiger partial charge on any atom is 0.459 e. The number of aliphatic hydroxyl groups excluding tert-OH is 1. The fraction of sp³-hybridized carbons (Fsp3) is 0.500. The van der Waals surface area contributed by atoms with Gasteiger partial charge in [-0.15, -0.1) is 0 Å². The highest BCUT2D eigenvalue weighted by Crippen LogP contribution is 2.54. The van der Waals surface area contributed by atoms with Gasteiger partial charge in [-0.05, 0) is 32.9 Å². The molecule has 17 heteroatoms. The number of nitrogens with one attached hydrogen (secondary N) is 2. The van der Waals surface area contributed by atoms with Gasteiger partial charge in [-0.25, -0.2) is 18.1 Å². The normalized spacial score (nSPS) is 24.9. The quantitative estimate of drug-likeness (QED) is 0.204. The van der Waals surface area contributed by atoms with Crippen molar-refractivity contribution in [2.45, 2.75) is 63.2 Å². The molecule has 12 nitrogen and oxygen atoms in total. The number of aromatic amines is 1. The number of halogens is 4. The van der Waals surface area contributed by atoms with E-state index >= 15 is 8.78 Å². The summed E-state index contributed by atoms with van der Waals surface area (Å²) >= 11 is 0. The average molecular weight is 583 g/mol. The summed E-state index contributed by atoms with van der Waals surface area (Å²) in [6, 6.07) is 6.35. The van der Waals surface area contributed by atoms with Gasteiger partial charge in [0.15, 0.2) is 12.3 Å². The largest absolute Gasteiger partial charge is 0.462 e. The third kappa shape index (κ3) is 6.41. The van der Waals surface area contributed by atoms with Crippen molar-refractivity contribution in [2.24, 2.45) is 0 Å². The number of carbonyl (C=O) groups is 1. The zero-order chi connectivity index (χ0) is 29.2. The first-order chi connectivity index (χ1) is 18.1. The molecule has 216 valence electrons. The topological polar surface area (TPSA) is 158 Å². The lowest BCUT2D eigenvalue weighted by Gasteiger charge is -2.34. The van der Waals surface area contributed by atoms with Gasteiger partial charge in [0, 0.05) is 12.3 Å². The molecule has 39 heavy (non-hydrogen) atoms. The van der Waals surface area contributed by atoms with E-state index in [1.54, 1.807) is 11.1 Å². The van der Waals surface area contributed by atoms with Crippen molar-refractivity contribution in [1.29, 1.82) is 0 Å². The molecule has 1 unspecified atom stereocenters. The lowest BCUT2D eigenvalue weighted by atomic mass is 9.95. The number of hydrogen-bond donors (Lipinski definition) is 3. The van der Waals surface area contributed by atoms with Crippen LogP contribution in [0.2, 0.25) is 0 Å². The maximum atomic E-state index is 15.2. The summed E-state index contributed by atoms with van der Waals surface area (Å²) in [5.74, 6) is -5.87. The number of carbonyl (C=O) groups excluding carboxylic acids is 1. The number of esters is 1. The van der Waals surface area contributed by atoms with Crippen molar-refractivity contribution in [3.8, 4) is 5.75 Å². The van der Waals surface area contributed by atoms with Crippen LogP contribution in [-0.4, -0.2) is 63.4 Å². The van der Waals surface area contributed by atoms with Crippen LogP contribution in [-0.2, 0) is 23.4 Å². The molecule has 0 bridgehead atoms. The van der Waals surface area contributed by atoms with E-state index in [2.05, 4.69) is 5.09 Å². The van der Waals surface area contributed by atoms with E-state index in [4.69, 9.17) is 18.5 Å². The van der Waals surface area contributed by atoms with E-state index in [1.165, 1.54) is 45.0 Å². The van der Waals surface area contributed by atoms with Crippen LogP contribution in [0.5, 0.6) is 5.75 Å². The fourth-order valence-corrected chi connectivity index (χ4v) is 5.05. The third-order valence-corrected chi connectivity index (χ3v) is 7.11. The first-order valence-electron chi connectivity index (χ1n) is 11.4. The van der Waals surface area contributed by atoms with Crippen molar-refractivity contribution < 1.29 is 50.5 Å². The molecule has 0 spiro atoms. The predicted molar refractivity (Wildman–Crippen MR) is 126 cm³/mol. The fourth-order valence-electron chi connectivity index (χ4n) is 3.53. The Labute approximate surface area is 218 Å². The van der Waals surface area contributed by atoms with Crippen LogP contribution in [0.25, 0.3) is 0 Å². The van der Waals surface area contributed by atoms with E-state index in [1.807, 2.05) is 0 Å². The van der Waals surface area contributed by atoms with E-state index in [0.29, 0.717) is 6.20 Å². The van der Waals surface area contributed by atoms with E-state index < -0.39 is 74.0 Å². The van der Waals surface area contributed by atoms with Gasteiger partial charge < -0.3 is 19.1 Å². The summed E-state index contributed by atoms with van der Waals surface area (Å²) < 4.78 is 93.0. The van der Waals surface area contributed by atoms with Gasteiger partial charge in [0.2, 0.25) is 5.60 Å². The molecule has 3 N–H and O–H groups in total. The van der Waals surface area contributed by atoms with E-state index in [-0.39, 0.29) is 10.3 Å². The summed E-state index contributed by atoms with van der Waals surface area (Å²) in [5.41, 5.74) is -6.20. The maximum absolute atomic E-state index is 15.2. The molecule has 2 heterocycles. The van der Waals surface area contributed by atoms with Crippen LogP contribution in [0.4, 0.5) is 17.6 Å². The lowest BCUT2D eigenvalue weighted by Crippen LogP contribution is -2.57. The van der Waals surface area contributed by atoms with Gasteiger partial charge in [0.25, 0.3) is 12.0 Å². The summed E-state index contributed by atoms with van der Waals surface area (Å²) in [7, 11) is -4.91. The Bertz CT molecular complexity index is 1320. The molecule has 1 aliphatic rings. The van der Waals surface area contributed by atoms with Gasteiger partial charge >= 0.3 is 25.3 Å². The summed E-state index contributed by atoms with van der Waals surface area (Å²) in [6.07, 6.45) is -9.41. The number of rotatable bonds is 11. The van der Waals surface area contributed by atoms with Crippen molar-refractivity contribution in [1.82, 2.24) is 14.6 Å². The minimum atomic E-state index is -4.91. The summed E-state index contributed by atoms with van der Waals surface area (Å²) in [6.45, 7) is 2.40. The first-order valence-corrected chi connectivity index (χ1v) is 13.0. The lowest BCUT2D eigenvalue weighted by molar-refractivity contribution is -0.242. The van der Waals surface area contributed by atoms with Crippen LogP contribution in [0.1, 0.15) is 27.0 Å². The summed E-state index contributed by atoms with van der Waals surface area (Å²) in [4.78, 5) is 37.4. The number of benzene rings is 1. The number of para-hydroxylation sites is 1. The number of hydrogen-bond acceptors (Lipinski definition) is 9. The smallest absolute Gasteiger partial charge is 0.459 e. The number of aromatic nitrogens is 2. The standard InChI is InChI=1S/C22H26F4N3O9P/c1-12(2)36-18(32)13(3)28-39(34,38-14-7-5-4-6-8-14)35-11-21(19(23)24)22(25,26)16(31)17(37-21)29-10-9-15(30)27-20(29)33/h4-10,12-13,16-17,19,31H,11H2,1-3H3,(H,28,34)(H,27,30,33)/t13-,16-,17+,21-,39?/m0/s1. The second-order valence-electron chi connectivity index (χ2n) is 8.80. The van der Waals surface area contributed by atoms with Crippen molar-refractivity contribution >= 4 is 13.7 Å². The minimum absolute atomic E-state index is 0.138. The van der Waals surface area contributed by atoms with Crippen LogP contribution >= 0.6 is 7.75 Å². The van der Waals surface area contributed by atoms with Gasteiger partial charge in [0.1, 0.15) is 11.8 Å². The van der Waals surface area contributed by atoms with Gasteiger partial charge in [-0.1, -0.05) is 18.2 Å². The zero-order valence-electron chi connectivity index (χ0n) is 20.8. The highest BCUT2D eigenvalue weighted by atomic mass is 31.2. The van der Waals surface area contributed by atoms with Crippen LogP contribution < -0.4 is 20.9 Å². The SMILES string of the molecule is CC(C)OC(=O)[C@H](C)NP(=O)(OC[C@@]1(C(F)F)O[C@@H](n2ccc(=O)[nH]c2=O)[C@H](O)C1(F)F)Oc1ccccc1. The van der Waals surface area contributed by atoms with E-state index in [9.17, 15) is 32.8 Å². The number of nitrogens with zero attached hydrogens (tertiary/aromatic N) is 1. The second-order valence-corrected chi connectivity index (χ2v) is 10.5. The summed E-state index contributed by atoms with van der Waals surface area (Å²) in [5, 5.41) is 12.4. The number of alkyl halides is 4. The molecule has 1 aromatic carbocycles. The molecular weight excluding hydrogens is 557 g/mol. The van der Waals surface area contributed by atoms with Crippen molar-refractivity contribution in [2.75, 3.05) is 6.61 Å². The third-order valence-electron chi connectivity index (χ3n) is 5.49. The highest BCUT2D eigenvalue weighted by molar-refractivity contribution is 7.52. The Morgan fingerprint density at radius 1 is 1.21 bits per heavy atom. The van der Waals surface area contributed by atoms with Gasteiger partial charge in [-0.3, -0.25) is 23.7 Å². The van der Waals surface area contributed by atoms with Gasteiger partial charge in [0.05, 0.1) is 12.7 Å². The van der Waals surface area contributed by atoms with Crippen molar-refractivity contribution in [3.63, 3.8) is 0 Å². The molecule has 0 saturated carbocycles. The highest BCUT2D eigenvalue weighted by Gasteiger charge is 2.74. The predicted octanol–water partition coefficient (Wildman–Crippen LogP) is 2.20. The first kappa shape index (κ1) is 30.5. The molecule has 0 aliphatic carbocycles. The Morgan fingerprint density at radius 2 is 1.85 bits per heavy atom. The number of ether oxygens (including phenoxy) is 2. The van der Waals surface area contributed by atoms with E-state index in [0.717, 1.165) is 6.07 Å². The monoisotopic (exact) mass is 583 g/mol. The number of aliphatic hydroxyl groups is 1. The number of H-pyrrole nitrogens is 1. The second kappa shape index (κ2) is 11.6. The van der Waals surface area contributed by atoms with Crippen LogP contribution in [0.3, 0.4) is 0 Å². The minimum Gasteiger partial charge on any atom is -0.462 e. The Balaban J connectivity index is 1.96. The Hall–Kier alpha value is -3.04. The van der Waals surface area contributed by atoms with Crippen molar-refractivity contribution in [3.05, 3.63) is 63.4 Å². The Kier molecular flexibility index (Phi) is 9.07. The van der Waals surface area contributed by atoms with Crippen LogP contribution in [0.15, 0.2) is 52.2 Å².